The van der Waals surface area contributed by atoms with Gasteiger partial charge in [-0.2, -0.15) is 5.26 Å². The summed E-state index contributed by atoms with van der Waals surface area (Å²) in [5, 5.41) is 12.3. The second-order valence-electron chi connectivity index (χ2n) is 5.98. The average Bonchev–Trinajstić information content (AvgIpc) is 3.04. The van der Waals surface area contributed by atoms with Gasteiger partial charge in [0.2, 0.25) is 0 Å². The highest BCUT2D eigenvalue weighted by Gasteiger charge is 2.25. The van der Waals surface area contributed by atoms with Crippen molar-refractivity contribution in [2.24, 2.45) is 5.73 Å². The predicted molar refractivity (Wildman–Crippen MR) is 113 cm³/mol. The van der Waals surface area contributed by atoms with E-state index in [-0.39, 0.29) is 38.3 Å². The van der Waals surface area contributed by atoms with Crippen molar-refractivity contribution in [3.05, 3.63) is 57.8 Å². The molecule has 0 unspecified atom stereocenters. The van der Waals surface area contributed by atoms with Crippen LogP contribution in [0.5, 0.6) is 5.75 Å². The lowest BCUT2D eigenvalue weighted by molar-refractivity contribution is 0.100. The van der Waals surface area contributed by atoms with Gasteiger partial charge in [0.05, 0.1) is 18.5 Å². The Hall–Kier alpha value is -4.03. The monoisotopic (exact) mass is 407 g/mol. The largest absolute Gasteiger partial charge is 0.497 e. The first-order chi connectivity index (χ1) is 13.9. The second kappa shape index (κ2) is 7.92. The number of thiophene rings is 1. The SMILES string of the molecule is COc1cc(N)c(-c2c(C#N)sc(C(N)=O)c2N)c(NC(=O)c2ccccc2)c1. The number of nitrogens with one attached hydrogen (secondary N) is 1. The van der Waals surface area contributed by atoms with Crippen LogP contribution < -0.4 is 27.3 Å². The molecule has 3 aromatic rings. The normalized spacial score (nSPS) is 10.2. The molecule has 0 fully saturated rings. The third-order valence-electron chi connectivity index (χ3n) is 4.18. The quantitative estimate of drug-likeness (QED) is 0.476. The maximum absolute atomic E-state index is 12.7. The van der Waals surface area contributed by atoms with Gasteiger partial charge >= 0.3 is 0 Å². The fourth-order valence-electron chi connectivity index (χ4n) is 2.87. The van der Waals surface area contributed by atoms with Gasteiger partial charge in [0.25, 0.3) is 11.8 Å². The summed E-state index contributed by atoms with van der Waals surface area (Å²) in [5.74, 6) is -0.740. The summed E-state index contributed by atoms with van der Waals surface area (Å²) in [5.41, 5.74) is 19.2. The number of nitrogen functional groups attached to an aromatic ring is 2. The Morgan fingerprint density at radius 1 is 1.14 bits per heavy atom. The molecule has 0 saturated heterocycles. The molecule has 0 atom stereocenters. The van der Waals surface area contributed by atoms with Crippen molar-refractivity contribution in [1.29, 1.82) is 5.26 Å². The first-order valence-electron chi connectivity index (χ1n) is 8.33. The second-order valence-corrected chi connectivity index (χ2v) is 7.00. The number of anilines is 3. The lowest BCUT2D eigenvalue weighted by Crippen LogP contribution is -2.14. The summed E-state index contributed by atoms with van der Waals surface area (Å²) in [4.78, 5) is 24.6. The van der Waals surface area contributed by atoms with Crippen molar-refractivity contribution in [1.82, 2.24) is 0 Å². The molecule has 1 heterocycles. The van der Waals surface area contributed by atoms with Gasteiger partial charge in [-0.25, -0.2) is 0 Å². The summed E-state index contributed by atoms with van der Waals surface area (Å²) in [6, 6.07) is 13.7. The zero-order valence-corrected chi connectivity index (χ0v) is 16.2. The van der Waals surface area contributed by atoms with Crippen molar-refractivity contribution in [2.45, 2.75) is 0 Å². The number of hydrogen-bond acceptors (Lipinski definition) is 7. The van der Waals surface area contributed by atoms with Crippen LogP contribution in [-0.2, 0) is 0 Å². The maximum atomic E-state index is 12.7. The summed E-state index contributed by atoms with van der Waals surface area (Å²) in [6.07, 6.45) is 0. The van der Waals surface area contributed by atoms with E-state index in [2.05, 4.69) is 5.32 Å². The molecule has 146 valence electrons. The highest BCUT2D eigenvalue weighted by Crippen LogP contribution is 2.46. The van der Waals surface area contributed by atoms with Crippen molar-refractivity contribution in [3.8, 4) is 22.9 Å². The molecular formula is C20H17N5O3S. The van der Waals surface area contributed by atoms with Crippen LogP contribution in [0.4, 0.5) is 17.1 Å². The zero-order chi connectivity index (χ0) is 21.1. The van der Waals surface area contributed by atoms with Gasteiger partial charge in [-0.15, -0.1) is 11.3 Å². The molecule has 2 amide bonds. The molecule has 2 aromatic carbocycles. The Bertz CT molecular complexity index is 1150. The van der Waals surface area contributed by atoms with Crippen LogP contribution in [-0.4, -0.2) is 18.9 Å². The number of carbonyl (C=O) groups is 2. The minimum Gasteiger partial charge on any atom is -0.497 e. The summed E-state index contributed by atoms with van der Waals surface area (Å²) in [6.45, 7) is 0. The van der Waals surface area contributed by atoms with Crippen molar-refractivity contribution in [2.75, 3.05) is 23.9 Å². The van der Waals surface area contributed by atoms with E-state index in [1.165, 1.54) is 13.2 Å². The van der Waals surface area contributed by atoms with Crippen molar-refractivity contribution in [3.63, 3.8) is 0 Å². The van der Waals surface area contributed by atoms with Crippen LogP contribution in [0.2, 0.25) is 0 Å². The van der Waals surface area contributed by atoms with Crippen LogP contribution >= 0.6 is 11.3 Å². The number of amides is 2. The molecule has 1 aromatic heterocycles. The third-order valence-corrected chi connectivity index (χ3v) is 5.31. The number of benzene rings is 2. The lowest BCUT2D eigenvalue weighted by Gasteiger charge is -2.16. The van der Waals surface area contributed by atoms with Gasteiger partial charge in [-0.1, -0.05) is 18.2 Å². The molecule has 0 bridgehead atoms. The summed E-state index contributed by atoms with van der Waals surface area (Å²) in [7, 11) is 1.46. The first kappa shape index (κ1) is 19.7. The third kappa shape index (κ3) is 3.69. The number of methoxy groups -OCH3 is 1. The van der Waals surface area contributed by atoms with E-state index in [9.17, 15) is 14.9 Å². The molecule has 0 radical (unpaired) electrons. The van der Waals surface area contributed by atoms with Crippen LogP contribution in [0.25, 0.3) is 11.1 Å². The van der Waals surface area contributed by atoms with E-state index in [1.807, 2.05) is 6.07 Å². The number of rotatable bonds is 5. The summed E-state index contributed by atoms with van der Waals surface area (Å²) < 4.78 is 5.25. The highest BCUT2D eigenvalue weighted by molar-refractivity contribution is 7.15. The Morgan fingerprint density at radius 2 is 1.83 bits per heavy atom. The van der Waals surface area contributed by atoms with Crippen LogP contribution in [0.1, 0.15) is 24.9 Å². The van der Waals surface area contributed by atoms with E-state index in [0.717, 1.165) is 11.3 Å². The molecule has 0 aliphatic carbocycles. The van der Waals surface area contributed by atoms with E-state index in [1.54, 1.807) is 36.4 Å². The fraction of sp³-hybridized carbons (Fsp3) is 0.0500. The Kier molecular flexibility index (Phi) is 5.38. The van der Waals surface area contributed by atoms with E-state index >= 15 is 0 Å². The van der Waals surface area contributed by atoms with E-state index in [4.69, 9.17) is 21.9 Å². The Labute approximate surface area is 170 Å². The number of carbonyl (C=O) groups excluding carboxylic acids is 2. The van der Waals surface area contributed by atoms with Crippen LogP contribution in [0.15, 0.2) is 42.5 Å². The molecule has 8 nitrogen and oxygen atoms in total. The number of primary amides is 1. The van der Waals surface area contributed by atoms with Gasteiger partial charge < -0.3 is 27.3 Å². The first-order valence-corrected chi connectivity index (χ1v) is 9.15. The number of ether oxygens (including phenoxy) is 1. The Morgan fingerprint density at radius 3 is 2.41 bits per heavy atom. The molecule has 9 heteroatoms. The molecule has 7 N–H and O–H groups in total. The van der Waals surface area contributed by atoms with E-state index < -0.39 is 5.91 Å². The summed E-state index contributed by atoms with van der Waals surface area (Å²) >= 11 is 0.872. The van der Waals surface area contributed by atoms with Gasteiger partial charge in [0, 0.05) is 34.5 Å². The van der Waals surface area contributed by atoms with Crippen molar-refractivity contribution >= 4 is 40.2 Å². The molecule has 0 spiro atoms. The molecule has 3 rings (SSSR count). The molecule has 0 aliphatic rings. The number of nitriles is 1. The van der Waals surface area contributed by atoms with Gasteiger partial charge in [-0.05, 0) is 12.1 Å². The van der Waals surface area contributed by atoms with Gasteiger partial charge in [0.1, 0.15) is 21.6 Å². The van der Waals surface area contributed by atoms with Crippen LogP contribution in [0.3, 0.4) is 0 Å². The number of hydrogen-bond donors (Lipinski definition) is 4. The average molecular weight is 407 g/mol. The van der Waals surface area contributed by atoms with Crippen molar-refractivity contribution < 1.29 is 14.3 Å². The van der Waals surface area contributed by atoms with Gasteiger partial charge in [-0.3, -0.25) is 9.59 Å². The number of nitrogens with zero attached hydrogens (tertiary/aromatic N) is 1. The molecule has 0 aliphatic heterocycles. The minimum atomic E-state index is -0.753. The fourth-order valence-corrected chi connectivity index (χ4v) is 3.75. The zero-order valence-electron chi connectivity index (χ0n) is 15.4. The van der Waals surface area contributed by atoms with Gasteiger partial charge in [0.15, 0.2) is 0 Å². The molecular weight excluding hydrogens is 390 g/mol. The number of nitrogens with two attached hydrogens (primary N) is 3. The maximum Gasteiger partial charge on any atom is 0.260 e. The lowest BCUT2D eigenvalue weighted by atomic mass is 9.99. The highest BCUT2D eigenvalue weighted by atomic mass is 32.1. The topological polar surface area (TPSA) is 157 Å². The predicted octanol–water partition coefficient (Wildman–Crippen LogP) is 2.81. The molecule has 0 saturated carbocycles. The smallest absolute Gasteiger partial charge is 0.260 e. The minimum absolute atomic E-state index is 0.0335. The standard InChI is InChI=1S/C20H17N5O3S/c1-28-11-7-12(22)15(16-14(9-21)29-18(17(16)23)19(24)26)13(8-11)25-20(27)10-5-3-2-4-6-10/h2-8H,22-23H2,1H3,(H2,24,26)(H,25,27). The Balaban J connectivity index is 2.22. The van der Waals surface area contributed by atoms with E-state index in [0.29, 0.717) is 16.9 Å². The van der Waals surface area contributed by atoms with Crippen LogP contribution in [0, 0.1) is 11.3 Å². The molecule has 29 heavy (non-hydrogen) atoms.